The molecule has 180 valence electrons. The smallest absolute Gasteiger partial charge is 0.429 e. The van der Waals surface area contributed by atoms with Crippen LogP contribution in [0.4, 0.5) is 26.3 Å². The van der Waals surface area contributed by atoms with Crippen molar-refractivity contribution >= 4 is 0 Å². The number of alkyl halides is 3. The van der Waals surface area contributed by atoms with Gasteiger partial charge in [0.25, 0.3) is 0 Å². The van der Waals surface area contributed by atoms with E-state index in [9.17, 15) is 26.3 Å². The third kappa shape index (κ3) is 4.86. The maximum atomic E-state index is 14.7. The molecule has 3 aromatic carbocycles. The molecule has 3 aromatic rings. The fourth-order valence-corrected chi connectivity index (χ4v) is 4.42. The van der Waals surface area contributed by atoms with Crippen LogP contribution in [-0.4, -0.2) is 6.86 Å². The van der Waals surface area contributed by atoms with E-state index < -0.39 is 47.5 Å². The zero-order chi connectivity index (χ0) is 24.5. The minimum Gasteiger partial charge on any atom is -0.457 e. The zero-order valence-electron chi connectivity index (χ0n) is 18.3. The molecule has 0 spiro atoms. The highest BCUT2D eigenvalue weighted by Crippen LogP contribution is 2.38. The van der Waals surface area contributed by atoms with Crippen LogP contribution in [0.1, 0.15) is 36.5 Å². The Morgan fingerprint density at radius 2 is 1.50 bits per heavy atom. The van der Waals surface area contributed by atoms with E-state index in [4.69, 9.17) is 0 Å². The van der Waals surface area contributed by atoms with Crippen LogP contribution in [0.5, 0.6) is 11.5 Å². The number of hydrogen-bond acceptors (Lipinski definition) is 2. The molecule has 1 aliphatic carbocycles. The summed E-state index contributed by atoms with van der Waals surface area (Å²) in [6.45, 7) is 0.632. The van der Waals surface area contributed by atoms with Gasteiger partial charge in [0.15, 0.2) is 17.4 Å². The standard InChI is InChI=1S/C26H22F6O2/c1-2-3-15-8-16-4-5-17(10-19(16)9-15)18-6-7-21(22(28)11-18)26(31,32)34-20-12-23(29)25(33-14-27)24(30)13-20/h4-7,10-13,15H,2-3,8-9,14H2,1H3. The van der Waals surface area contributed by atoms with E-state index in [1.807, 2.05) is 18.2 Å². The van der Waals surface area contributed by atoms with Gasteiger partial charge in [-0.3, -0.25) is 0 Å². The molecule has 0 bridgehead atoms. The van der Waals surface area contributed by atoms with Gasteiger partial charge in [-0.25, -0.2) is 17.6 Å². The lowest BCUT2D eigenvalue weighted by atomic mass is 9.99. The van der Waals surface area contributed by atoms with Crippen molar-refractivity contribution in [1.29, 1.82) is 0 Å². The summed E-state index contributed by atoms with van der Waals surface area (Å²) in [5.74, 6) is -5.49. The van der Waals surface area contributed by atoms with Crippen molar-refractivity contribution in [3.63, 3.8) is 0 Å². The van der Waals surface area contributed by atoms with Crippen LogP contribution in [-0.2, 0) is 19.0 Å². The Labute approximate surface area is 193 Å². The number of ether oxygens (including phenoxy) is 2. The van der Waals surface area contributed by atoms with E-state index in [1.54, 1.807) is 0 Å². The summed E-state index contributed by atoms with van der Waals surface area (Å²) < 4.78 is 92.4. The second-order valence-electron chi connectivity index (χ2n) is 8.33. The molecule has 0 radical (unpaired) electrons. The summed E-state index contributed by atoms with van der Waals surface area (Å²) in [6, 6.07) is 9.80. The molecular formula is C26H22F6O2. The Hall–Kier alpha value is -3.16. The fraction of sp³-hybridized carbons (Fsp3) is 0.308. The maximum Gasteiger partial charge on any atom is 0.429 e. The van der Waals surface area contributed by atoms with Crippen molar-refractivity contribution < 1.29 is 35.8 Å². The fourth-order valence-electron chi connectivity index (χ4n) is 4.42. The Morgan fingerprint density at radius 3 is 2.15 bits per heavy atom. The van der Waals surface area contributed by atoms with E-state index in [1.165, 1.54) is 17.2 Å². The summed E-state index contributed by atoms with van der Waals surface area (Å²) in [5, 5.41) is 0. The molecule has 0 heterocycles. The van der Waals surface area contributed by atoms with Gasteiger partial charge >= 0.3 is 6.11 Å². The van der Waals surface area contributed by atoms with Crippen LogP contribution in [0.3, 0.4) is 0 Å². The zero-order valence-corrected chi connectivity index (χ0v) is 18.3. The number of fused-ring (bicyclic) bond motifs is 1. The predicted molar refractivity (Wildman–Crippen MR) is 115 cm³/mol. The average molecular weight is 480 g/mol. The van der Waals surface area contributed by atoms with Gasteiger partial charge < -0.3 is 9.47 Å². The Balaban J connectivity index is 1.56. The van der Waals surface area contributed by atoms with Gasteiger partial charge in [-0.2, -0.15) is 8.78 Å². The van der Waals surface area contributed by atoms with Gasteiger partial charge in [0.1, 0.15) is 11.6 Å². The number of rotatable bonds is 8. The van der Waals surface area contributed by atoms with Crippen LogP contribution in [0.15, 0.2) is 48.5 Å². The summed E-state index contributed by atoms with van der Waals surface area (Å²) >= 11 is 0. The van der Waals surface area contributed by atoms with Crippen molar-refractivity contribution in [3.05, 3.63) is 82.7 Å². The molecule has 0 aliphatic heterocycles. The molecule has 8 heteroatoms. The predicted octanol–water partition coefficient (Wildman–Crippen LogP) is 7.72. The second-order valence-corrected chi connectivity index (χ2v) is 8.33. The summed E-state index contributed by atoms with van der Waals surface area (Å²) in [6.07, 6.45) is -0.0610. The molecule has 0 fully saturated rings. The van der Waals surface area contributed by atoms with Gasteiger partial charge in [0.05, 0.1) is 5.56 Å². The lowest BCUT2D eigenvalue weighted by molar-refractivity contribution is -0.187. The topological polar surface area (TPSA) is 18.5 Å². The first-order valence-electron chi connectivity index (χ1n) is 10.9. The molecule has 1 unspecified atom stereocenters. The third-order valence-corrected chi connectivity index (χ3v) is 5.95. The SMILES string of the molecule is CCCC1Cc2ccc(-c3ccc(C(F)(F)Oc4cc(F)c(OCF)c(F)c4)c(F)c3)cc2C1. The highest BCUT2D eigenvalue weighted by Gasteiger charge is 2.38. The molecule has 4 rings (SSSR count). The minimum atomic E-state index is -4.23. The van der Waals surface area contributed by atoms with Crippen molar-refractivity contribution in [3.8, 4) is 22.6 Å². The van der Waals surface area contributed by atoms with Crippen LogP contribution in [0, 0.1) is 23.4 Å². The lowest BCUT2D eigenvalue weighted by Gasteiger charge is -2.20. The largest absolute Gasteiger partial charge is 0.457 e. The summed E-state index contributed by atoms with van der Waals surface area (Å²) in [7, 11) is 0. The van der Waals surface area contributed by atoms with Gasteiger partial charge in [-0.05, 0) is 53.1 Å². The number of benzene rings is 3. The minimum absolute atomic E-state index is 0.407. The molecule has 0 aromatic heterocycles. The Kier molecular flexibility index (Phi) is 6.77. The van der Waals surface area contributed by atoms with Crippen molar-refractivity contribution in [2.75, 3.05) is 6.86 Å². The van der Waals surface area contributed by atoms with Crippen molar-refractivity contribution in [2.45, 2.75) is 38.7 Å². The van der Waals surface area contributed by atoms with E-state index >= 15 is 0 Å². The van der Waals surface area contributed by atoms with Crippen LogP contribution < -0.4 is 9.47 Å². The molecule has 0 saturated heterocycles. The number of halogens is 6. The lowest BCUT2D eigenvalue weighted by Crippen LogP contribution is -2.23. The Bertz CT molecular complexity index is 1170. The monoisotopic (exact) mass is 480 g/mol. The van der Waals surface area contributed by atoms with Gasteiger partial charge in [0, 0.05) is 12.1 Å². The van der Waals surface area contributed by atoms with Crippen molar-refractivity contribution in [2.24, 2.45) is 5.92 Å². The molecule has 0 saturated carbocycles. The third-order valence-electron chi connectivity index (χ3n) is 5.95. The van der Waals surface area contributed by atoms with E-state index in [0.29, 0.717) is 29.2 Å². The Morgan fingerprint density at radius 1 is 0.853 bits per heavy atom. The highest BCUT2D eigenvalue weighted by molar-refractivity contribution is 5.66. The summed E-state index contributed by atoms with van der Waals surface area (Å²) in [4.78, 5) is 0. The van der Waals surface area contributed by atoms with Crippen LogP contribution in [0.25, 0.3) is 11.1 Å². The number of hydrogen-bond donors (Lipinski definition) is 0. The van der Waals surface area contributed by atoms with Gasteiger partial charge in [-0.15, -0.1) is 0 Å². The first-order valence-corrected chi connectivity index (χ1v) is 10.9. The van der Waals surface area contributed by atoms with Crippen LogP contribution >= 0.6 is 0 Å². The van der Waals surface area contributed by atoms with E-state index in [2.05, 4.69) is 16.4 Å². The highest BCUT2D eigenvalue weighted by atomic mass is 19.3. The second kappa shape index (κ2) is 9.60. The quantitative estimate of drug-likeness (QED) is 0.307. The van der Waals surface area contributed by atoms with Crippen molar-refractivity contribution in [1.82, 2.24) is 0 Å². The first-order chi connectivity index (χ1) is 16.2. The maximum absolute atomic E-state index is 14.7. The van der Waals surface area contributed by atoms with E-state index in [-0.39, 0.29) is 0 Å². The van der Waals surface area contributed by atoms with Gasteiger partial charge in [0.2, 0.25) is 6.86 Å². The average Bonchev–Trinajstić information content (AvgIpc) is 3.17. The summed E-state index contributed by atoms with van der Waals surface area (Å²) in [5.41, 5.74) is 2.46. The van der Waals surface area contributed by atoms with Crippen LogP contribution in [0.2, 0.25) is 0 Å². The normalized spacial score (nSPS) is 15.3. The van der Waals surface area contributed by atoms with E-state index in [0.717, 1.165) is 37.8 Å². The molecule has 0 amide bonds. The molecular weight excluding hydrogens is 458 g/mol. The molecule has 34 heavy (non-hydrogen) atoms. The first kappa shape index (κ1) is 24.0. The molecule has 1 aliphatic rings. The molecule has 1 atom stereocenters. The molecule has 2 nitrogen and oxygen atoms in total. The molecule has 0 N–H and O–H groups in total. The van der Waals surface area contributed by atoms with Gasteiger partial charge in [-0.1, -0.05) is 44.0 Å².